The van der Waals surface area contributed by atoms with Crippen LogP contribution in [0.1, 0.15) is 0 Å². The van der Waals surface area contributed by atoms with Crippen LogP contribution >= 0.6 is 0 Å². The Morgan fingerprint density at radius 3 is 0.889 bits per heavy atom. The van der Waals surface area contributed by atoms with Crippen molar-refractivity contribution in [3.8, 4) is 0 Å². The molecule has 9 fully saturated rings. The summed E-state index contributed by atoms with van der Waals surface area (Å²) in [5.41, 5.74) is 3.51. The zero-order valence-corrected chi connectivity index (χ0v) is 4.96. The van der Waals surface area contributed by atoms with E-state index in [4.69, 9.17) is 0 Å². The van der Waals surface area contributed by atoms with Crippen molar-refractivity contribution in [2.75, 3.05) is 0 Å². The highest BCUT2D eigenvalue weighted by Crippen LogP contribution is 3.42. The van der Waals surface area contributed by atoms with Crippen LogP contribution in [0.3, 0.4) is 0 Å². The molecule has 0 nitrogen and oxygen atoms in total. The van der Waals surface area contributed by atoms with Gasteiger partial charge in [0.05, 0.1) is 0 Å². The Hall–Kier alpha value is 0. The summed E-state index contributed by atoms with van der Waals surface area (Å²) in [6, 6.07) is 0. The average Bonchev–Trinajstić information content (AvgIpc) is 2.53. The monoisotopic (exact) mass is 114 g/mol. The minimum atomic E-state index is 1.17. The van der Waals surface area contributed by atoms with Gasteiger partial charge in [-0.25, -0.2) is 0 Å². The Bertz CT molecular complexity index is 261. The Labute approximate surface area is 52.6 Å². The number of hydrogen-bond donors (Lipinski definition) is 0. The van der Waals surface area contributed by atoms with Crippen molar-refractivity contribution in [1.29, 1.82) is 0 Å². The van der Waals surface area contributed by atoms with Gasteiger partial charge in [-0.05, 0) is 51.8 Å². The van der Waals surface area contributed by atoms with Gasteiger partial charge in [0.25, 0.3) is 0 Å². The second kappa shape index (κ2) is 0.302. The molecule has 0 radical (unpaired) electrons. The average molecular weight is 114 g/mol. The van der Waals surface area contributed by atoms with Gasteiger partial charge in [0, 0.05) is 0 Å². The van der Waals surface area contributed by atoms with Crippen LogP contribution in [0.4, 0.5) is 0 Å². The first kappa shape index (κ1) is 2.56. The summed E-state index contributed by atoms with van der Waals surface area (Å²) in [5, 5.41) is 0. The quantitative estimate of drug-likeness (QED) is 0.435. The molecule has 9 rings (SSSR count). The molecule has 0 heterocycles. The van der Waals surface area contributed by atoms with Crippen LogP contribution in [0.25, 0.3) is 0 Å². The second-order valence-corrected chi connectivity index (χ2v) is 5.76. The van der Waals surface area contributed by atoms with Crippen molar-refractivity contribution in [2.24, 2.45) is 51.8 Å². The van der Waals surface area contributed by atoms with Crippen LogP contribution in [-0.4, -0.2) is 0 Å². The Kier molecular flexibility index (Phi) is 0.0860. The van der Waals surface area contributed by atoms with E-state index >= 15 is 0 Å². The smallest absolute Gasteiger partial charge is 0.00932 e. The molecule has 0 aromatic carbocycles. The summed E-state index contributed by atoms with van der Waals surface area (Å²) in [6.45, 7) is 0. The summed E-state index contributed by atoms with van der Waals surface area (Å²) in [5.74, 6) is 8.24. The van der Waals surface area contributed by atoms with E-state index in [0.717, 1.165) is 0 Å². The predicted octanol–water partition coefficient (Wildman–Crippen LogP) is 0.738. The highest BCUT2D eigenvalue weighted by atomic mass is 15.4. The third-order valence-electron chi connectivity index (χ3n) is 7.19. The topological polar surface area (TPSA) is 0 Å². The van der Waals surface area contributed by atoms with Gasteiger partial charge in [0.2, 0.25) is 0 Å². The number of hydrogen-bond acceptors (Lipinski definition) is 0. The van der Waals surface area contributed by atoms with Crippen molar-refractivity contribution in [3.63, 3.8) is 0 Å². The zero-order valence-electron chi connectivity index (χ0n) is 4.96. The minimum absolute atomic E-state index is 1.17. The molecule has 0 amide bonds. The van der Waals surface area contributed by atoms with Crippen LogP contribution in [0.15, 0.2) is 0 Å². The largest absolute Gasteiger partial charge is 0.0269 e. The summed E-state index contributed by atoms with van der Waals surface area (Å²) in [4.78, 5) is 0. The van der Waals surface area contributed by atoms with Gasteiger partial charge in [0.1, 0.15) is 0 Å². The van der Waals surface area contributed by atoms with Crippen molar-refractivity contribution in [2.45, 2.75) is 0 Å². The normalized spacial score (nSPS) is 136. The lowest BCUT2D eigenvalue weighted by Gasteiger charge is -2.43. The van der Waals surface area contributed by atoms with Gasteiger partial charge in [-0.15, -0.1) is 0 Å². The maximum Gasteiger partial charge on any atom is -0.00932 e. The number of rotatable bonds is 0. The van der Waals surface area contributed by atoms with Crippen molar-refractivity contribution >= 4 is 0 Å². The first-order valence-electron chi connectivity index (χ1n) is 4.48. The molecule has 9 aliphatic carbocycles. The molecule has 0 bridgehead atoms. The van der Waals surface area contributed by atoms with Crippen molar-refractivity contribution in [1.82, 2.24) is 0 Å². The SMILES string of the molecule is C12C3C1C14C5C6C5C31C264. The molecule has 0 heteroatoms. The molecule has 42 valence electrons. The van der Waals surface area contributed by atoms with Gasteiger partial charge in [0.15, 0.2) is 0 Å². The van der Waals surface area contributed by atoms with Crippen LogP contribution in [0.5, 0.6) is 0 Å². The molecule has 0 aliphatic heterocycles. The molecule has 0 N–H and O–H groups in total. The van der Waals surface area contributed by atoms with Gasteiger partial charge in [-0.3, -0.25) is 0 Å². The first-order valence-corrected chi connectivity index (χ1v) is 4.48. The maximum absolute atomic E-state index is 1.37. The first-order chi connectivity index (χ1) is 4.48. The van der Waals surface area contributed by atoms with Crippen LogP contribution in [-0.2, 0) is 0 Å². The Morgan fingerprint density at radius 1 is 0.444 bits per heavy atom. The Morgan fingerprint density at radius 2 is 0.667 bits per heavy atom. The fraction of sp³-hybridized carbons (Fsp3) is 1.00. The lowest BCUT2D eigenvalue weighted by molar-refractivity contribution is 0.0202. The van der Waals surface area contributed by atoms with Gasteiger partial charge < -0.3 is 0 Å². The molecule has 0 atom stereocenters. The van der Waals surface area contributed by atoms with Gasteiger partial charge in [-0.1, -0.05) is 0 Å². The zero-order chi connectivity index (χ0) is 4.96. The van der Waals surface area contributed by atoms with Gasteiger partial charge >= 0.3 is 0 Å². The van der Waals surface area contributed by atoms with Crippen LogP contribution < -0.4 is 0 Å². The molecule has 0 saturated heterocycles. The summed E-state index contributed by atoms with van der Waals surface area (Å²) < 4.78 is 0. The molecule has 0 unspecified atom stereocenters. The van der Waals surface area contributed by atoms with E-state index < -0.39 is 0 Å². The summed E-state index contributed by atoms with van der Waals surface area (Å²) >= 11 is 0. The molecular weight excluding hydrogens is 108 g/mol. The molecule has 0 aromatic heterocycles. The van der Waals surface area contributed by atoms with E-state index in [1.54, 1.807) is 0 Å². The predicted molar refractivity (Wildman–Crippen MR) is 28.2 cm³/mol. The summed E-state index contributed by atoms with van der Waals surface area (Å²) in [7, 11) is 0. The highest BCUT2D eigenvalue weighted by molar-refractivity contribution is 5.85. The van der Waals surface area contributed by atoms with Gasteiger partial charge in [-0.2, -0.15) is 0 Å². The standard InChI is InChI=1S/C9H6/c1-2-3(1)9-6-4-5(6)8(2,9)7(1,4)9/h1-6H. The Balaban J connectivity index is 2.06. The van der Waals surface area contributed by atoms with Crippen molar-refractivity contribution in [3.05, 3.63) is 0 Å². The van der Waals surface area contributed by atoms with E-state index in [-0.39, 0.29) is 0 Å². The molecule has 0 aromatic rings. The molecule has 9 heavy (non-hydrogen) atoms. The van der Waals surface area contributed by atoms with Crippen molar-refractivity contribution < 1.29 is 0 Å². The lowest BCUT2D eigenvalue weighted by Crippen LogP contribution is -2.41. The highest BCUT2D eigenvalue weighted by Gasteiger charge is 3.40. The lowest BCUT2D eigenvalue weighted by atomic mass is 9.60. The third-order valence-corrected chi connectivity index (χ3v) is 7.19. The molecule has 9 saturated carbocycles. The van der Waals surface area contributed by atoms with E-state index in [1.165, 1.54) is 51.8 Å². The maximum atomic E-state index is 1.37. The van der Waals surface area contributed by atoms with E-state index in [1.807, 2.05) is 0 Å². The van der Waals surface area contributed by atoms with Crippen LogP contribution in [0, 0.1) is 51.8 Å². The third kappa shape index (κ3) is 0.0439. The minimum Gasteiger partial charge on any atom is -0.0269 e. The fourth-order valence-corrected chi connectivity index (χ4v) is 8.14. The second-order valence-electron chi connectivity index (χ2n) is 5.76. The molecule has 3 spiro atoms. The molecule has 9 aliphatic rings. The van der Waals surface area contributed by atoms with Crippen LogP contribution in [0.2, 0.25) is 0 Å². The van der Waals surface area contributed by atoms with E-state index in [2.05, 4.69) is 0 Å². The summed E-state index contributed by atoms with van der Waals surface area (Å²) in [6.07, 6.45) is 0. The molecular formula is C9H6. The van der Waals surface area contributed by atoms with E-state index in [0.29, 0.717) is 0 Å². The fourth-order valence-electron chi connectivity index (χ4n) is 8.14. The van der Waals surface area contributed by atoms with E-state index in [9.17, 15) is 0 Å².